The van der Waals surface area contributed by atoms with Crippen molar-refractivity contribution in [3.05, 3.63) is 34.6 Å². The molecule has 0 saturated heterocycles. The molecule has 0 bridgehead atoms. The summed E-state index contributed by atoms with van der Waals surface area (Å²) in [5.74, 6) is -0.413. The van der Waals surface area contributed by atoms with E-state index in [0.29, 0.717) is 12.0 Å². The highest BCUT2D eigenvalue weighted by atomic mass is 19.1. The summed E-state index contributed by atoms with van der Waals surface area (Å²) in [6.45, 7) is 5.87. The molecule has 0 aliphatic carbocycles. The fraction of sp³-hybridized carbons (Fsp3) is 0.611. The van der Waals surface area contributed by atoms with Gasteiger partial charge in [-0.2, -0.15) is 0 Å². The molecular formula is C18H27FO. The molecule has 0 amide bonds. The number of rotatable bonds is 9. The predicted octanol–water partition coefficient (Wildman–Crippen LogP) is 5.77. The maximum atomic E-state index is 13.9. The predicted molar refractivity (Wildman–Crippen MR) is 82.8 cm³/mol. The summed E-state index contributed by atoms with van der Waals surface area (Å²) in [5.41, 5.74) is 1.92. The van der Waals surface area contributed by atoms with Crippen molar-refractivity contribution in [1.29, 1.82) is 0 Å². The molecule has 0 fully saturated rings. The molecule has 0 aromatic heterocycles. The number of aryl methyl sites for hydroxylation is 2. The van der Waals surface area contributed by atoms with Crippen LogP contribution in [0.3, 0.4) is 0 Å². The lowest BCUT2D eigenvalue weighted by molar-refractivity contribution is 0.0974. The second kappa shape index (κ2) is 8.89. The van der Waals surface area contributed by atoms with Crippen LogP contribution in [-0.4, -0.2) is 5.78 Å². The standard InChI is InChI=1S/C18H27FO/c1-4-5-6-7-8-9-10-11-17(20)18-15(3)12-14(2)13-16(18)19/h12-13H,4-11H2,1-3H3. The molecule has 0 aliphatic rings. The smallest absolute Gasteiger partial charge is 0.166 e. The Bertz CT molecular complexity index is 414. The van der Waals surface area contributed by atoms with Crippen LogP contribution in [0.1, 0.15) is 79.8 Å². The summed E-state index contributed by atoms with van der Waals surface area (Å²) in [7, 11) is 0. The summed E-state index contributed by atoms with van der Waals surface area (Å²) in [6.07, 6.45) is 8.68. The molecule has 0 unspecified atom stereocenters. The molecule has 0 atom stereocenters. The molecule has 112 valence electrons. The van der Waals surface area contributed by atoms with Crippen molar-refractivity contribution in [1.82, 2.24) is 0 Å². The van der Waals surface area contributed by atoms with Crippen LogP contribution in [0, 0.1) is 19.7 Å². The van der Waals surface area contributed by atoms with E-state index < -0.39 is 0 Å². The number of halogens is 1. The molecule has 0 saturated carbocycles. The average Bonchev–Trinajstić information content (AvgIpc) is 2.36. The summed E-state index contributed by atoms with van der Waals surface area (Å²) in [5, 5.41) is 0. The van der Waals surface area contributed by atoms with E-state index in [-0.39, 0.29) is 11.6 Å². The van der Waals surface area contributed by atoms with Gasteiger partial charge in [0.25, 0.3) is 0 Å². The Morgan fingerprint density at radius 2 is 1.60 bits per heavy atom. The van der Waals surface area contributed by atoms with E-state index in [0.717, 1.165) is 24.0 Å². The van der Waals surface area contributed by atoms with Crippen molar-refractivity contribution in [2.45, 2.75) is 72.1 Å². The second-order valence-electron chi connectivity index (χ2n) is 5.73. The van der Waals surface area contributed by atoms with Crippen LogP contribution in [0.25, 0.3) is 0 Å². The monoisotopic (exact) mass is 278 g/mol. The van der Waals surface area contributed by atoms with Gasteiger partial charge in [-0.1, -0.05) is 51.5 Å². The number of hydrogen-bond acceptors (Lipinski definition) is 1. The Hall–Kier alpha value is -1.18. The molecular weight excluding hydrogens is 251 g/mol. The van der Waals surface area contributed by atoms with Crippen molar-refractivity contribution in [3.8, 4) is 0 Å². The highest BCUT2D eigenvalue weighted by molar-refractivity contribution is 5.97. The molecule has 0 aliphatic heterocycles. The van der Waals surface area contributed by atoms with Crippen LogP contribution in [0.5, 0.6) is 0 Å². The minimum atomic E-state index is -0.365. The highest BCUT2D eigenvalue weighted by Crippen LogP contribution is 2.19. The van der Waals surface area contributed by atoms with Gasteiger partial charge in [0.05, 0.1) is 5.56 Å². The minimum absolute atomic E-state index is 0.0476. The zero-order valence-corrected chi connectivity index (χ0v) is 13.1. The lowest BCUT2D eigenvalue weighted by atomic mass is 9.97. The molecule has 1 rings (SSSR count). The van der Waals surface area contributed by atoms with Gasteiger partial charge in [0, 0.05) is 6.42 Å². The lowest BCUT2D eigenvalue weighted by Gasteiger charge is -2.08. The first-order valence-corrected chi connectivity index (χ1v) is 7.86. The normalized spacial score (nSPS) is 10.8. The Morgan fingerprint density at radius 1 is 1.00 bits per heavy atom. The van der Waals surface area contributed by atoms with E-state index >= 15 is 0 Å². The van der Waals surface area contributed by atoms with Crippen LogP contribution in [0.2, 0.25) is 0 Å². The largest absolute Gasteiger partial charge is 0.294 e. The number of carbonyl (C=O) groups excluding carboxylic acids is 1. The van der Waals surface area contributed by atoms with E-state index in [1.165, 1.54) is 38.2 Å². The molecule has 1 nitrogen and oxygen atoms in total. The molecule has 2 heteroatoms. The van der Waals surface area contributed by atoms with Gasteiger partial charge in [0.2, 0.25) is 0 Å². The van der Waals surface area contributed by atoms with Gasteiger partial charge in [-0.25, -0.2) is 4.39 Å². The first-order chi connectivity index (χ1) is 9.56. The Kier molecular flexibility index (Phi) is 7.50. The number of benzene rings is 1. The van der Waals surface area contributed by atoms with Gasteiger partial charge in [-0.15, -0.1) is 0 Å². The Labute approximate surface area is 122 Å². The van der Waals surface area contributed by atoms with Crippen molar-refractivity contribution < 1.29 is 9.18 Å². The number of unbranched alkanes of at least 4 members (excludes halogenated alkanes) is 6. The van der Waals surface area contributed by atoms with Gasteiger partial charge in [0.1, 0.15) is 5.82 Å². The maximum absolute atomic E-state index is 13.9. The summed E-state index contributed by atoms with van der Waals surface area (Å²) >= 11 is 0. The third kappa shape index (κ3) is 5.44. The number of carbonyl (C=O) groups is 1. The van der Waals surface area contributed by atoms with Crippen LogP contribution in [-0.2, 0) is 0 Å². The SMILES string of the molecule is CCCCCCCCCC(=O)c1c(C)cc(C)cc1F. The van der Waals surface area contributed by atoms with E-state index in [2.05, 4.69) is 6.92 Å². The molecule has 0 spiro atoms. The van der Waals surface area contributed by atoms with E-state index in [1.54, 1.807) is 0 Å². The highest BCUT2D eigenvalue weighted by Gasteiger charge is 2.14. The van der Waals surface area contributed by atoms with Crippen LogP contribution in [0.4, 0.5) is 4.39 Å². The molecule has 0 N–H and O–H groups in total. The first-order valence-electron chi connectivity index (χ1n) is 7.86. The Balaban J connectivity index is 2.37. The topological polar surface area (TPSA) is 17.1 Å². The average molecular weight is 278 g/mol. The molecule has 0 heterocycles. The van der Waals surface area contributed by atoms with Crippen LogP contribution < -0.4 is 0 Å². The van der Waals surface area contributed by atoms with Crippen molar-refractivity contribution in [2.24, 2.45) is 0 Å². The third-order valence-electron chi connectivity index (χ3n) is 3.72. The summed E-state index contributed by atoms with van der Waals surface area (Å²) in [4.78, 5) is 12.1. The van der Waals surface area contributed by atoms with E-state index in [1.807, 2.05) is 19.9 Å². The number of ketones is 1. The maximum Gasteiger partial charge on any atom is 0.166 e. The Morgan fingerprint density at radius 3 is 2.20 bits per heavy atom. The lowest BCUT2D eigenvalue weighted by Crippen LogP contribution is -2.05. The quantitative estimate of drug-likeness (QED) is 0.414. The van der Waals surface area contributed by atoms with Gasteiger partial charge >= 0.3 is 0 Å². The zero-order chi connectivity index (χ0) is 15.0. The van der Waals surface area contributed by atoms with E-state index in [9.17, 15) is 9.18 Å². The minimum Gasteiger partial charge on any atom is -0.294 e. The van der Waals surface area contributed by atoms with Crippen LogP contribution >= 0.6 is 0 Å². The molecule has 0 radical (unpaired) electrons. The summed E-state index contributed by atoms with van der Waals surface area (Å²) < 4.78 is 13.9. The molecule has 1 aromatic rings. The van der Waals surface area contributed by atoms with Crippen LogP contribution in [0.15, 0.2) is 12.1 Å². The van der Waals surface area contributed by atoms with Crippen molar-refractivity contribution in [2.75, 3.05) is 0 Å². The fourth-order valence-electron chi connectivity index (χ4n) is 2.64. The second-order valence-corrected chi connectivity index (χ2v) is 5.73. The summed E-state index contributed by atoms with van der Waals surface area (Å²) in [6, 6.07) is 3.33. The van der Waals surface area contributed by atoms with Gasteiger partial charge in [-0.3, -0.25) is 4.79 Å². The van der Waals surface area contributed by atoms with Gasteiger partial charge in [-0.05, 0) is 37.5 Å². The zero-order valence-electron chi connectivity index (χ0n) is 13.1. The van der Waals surface area contributed by atoms with Gasteiger partial charge < -0.3 is 0 Å². The number of Topliss-reactive ketones (excluding diaryl/α,β-unsaturated/α-hetero) is 1. The first kappa shape index (κ1) is 16.9. The van der Waals surface area contributed by atoms with Gasteiger partial charge in [0.15, 0.2) is 5.78 Å². The van der Waals surface area contributed by atoms with Crippen molar-refractivity contribution >= 4 is 5.78 Å². The fourth-order valence-corrected chi connectivity index (χ4v) is 2.64. The molecule has 20 heavy (non-hydrogen) atoms. The third-order valence-corrected chi connectivity index (χ3v) is 3.72. The molecule has 1 aromatic carbocycles. The van der Waals surface area contributed by atoms with Crippen molar-refractivity contribution in [3.63, 3.8) is 0 Å². The number of hydrogen-bond donors (Lipinski definition) is 0. The van der Waals surface area contributed by atoms with E-state index in [4.69, 9.17) is 0 Å².